The number of piperazine rings is 1. The molecule has 3 heterocycles. The van der Waals surface area contributed by atoms with E-state index < -0.39 is 10.5 Å². The minimum atomic E-state index is -0.432. The van der Waals surface area contributed by atoms with E-state index in [-0.39, 0.29) is 10.7 Å². The van der Waals surface area contributed by atoms with Crippen LogP contribution in [0.25, 0.3) is 5.69 Å². The first kappa shape index (κ1) is 18.9. The van der Waals surface area contributed by atoms with Gasteiger partial charge in [0.15, 0.2) is 0 Å². The van der Waals surface area contributed by atoms with Gasteiger partial charge in [-0.2, -0.15) is 9.78 Å². The Kier molecular flexibility index (Phi) is 5.13. The highest BCUT2D eigenvalue weighted by atomic mass is 35.5. The monoisotopic (exact) mass is 412 g/mol. The normalized spacial score (nSPS) is 14.1. The fourth-order valence-corrected chi connectivity index (χ4v) is 3.58. The Labute approximate surface area is 170 Å². The highest BCUT2D eigenvalue weighted by Crippen LogP contribution is 2.28. The summed E-state index contributed by atoms with van der Waals surface area (Å²) in [5, 5.41) is 15.6. The summed E-state index contributed by atoms with van der Waals surface area (Å²) in [7, 11) is 0. The number of aromatic nitrogens is 3. The molecule has 0 unspecified atom stereocenters. The molecule has 4 rings (SSSR count). The summed E-state index contributed by atoms with van der Waals surface area (Å²) in [5.41, 5.74) is 0.779. The number of rotatable bonds is 4. The van der Waals surface area contributed by atoms with Crippen LogP contribution in [0.3, 0.4) is 0 Å². The van der Waals surface area contributed by atoms with Gasteiger partial charge in [0.2, 0.25) is 5.82 Å². The number of hydrogen-bond acceptors (Lipinski definition) is 7. The highest BCUT2D eigenvalue weighted by molar-refractivity contribution is 6.33. The summed E-state index contributed by atoms with van der Waals surface area (Å²) in [6.07, 6.45) is 3.12. The molecular formula is C19H17ClN6O3. The van der Waals surface area contributed by atoms with Crippen LogP contribution in [-0.4, -0.2) is 45.9 Å². The number of hydrogen-bond donors (Lipinski definition) is 0. The summed E-state index contributed by atoms with van der Waals surface area (Å²) in [4.78, 5) is 31.5. The molecule has 0 saturated carbocycles. The predicted octanol–water partition coefficient (Wildman–Crippen LogP) is 2.52. The lowest BCUT2D eigenvalue weighted by molar-refractivity contribution is -0.384. The third-order valence-electron chi connectivity index (χ3n) is 4.78. The Bertz CT molecular complexity index is 1100. The van der Waals surface area contributed by atoms with E-state index in [0.717, 1.165) is 0 Å². The van der Waals surface area contributed by atoms with Gasteiger partial charge in [-0.3, -0.25) is 14.9 Å². The van der Waals surface area contributed by atoms with E-state index in [1.165, 1.54) is 10.7 Å². The van der Waals surface area contributed by atoms with Crippen LogP contribution in [0, 0.1) is 10.1 Å². The maximum absolute atomic E-state index is 12.7. The zero-order valence-corrected chi connectivity index (χ0v) is 16.1. The van der Waals surface area contributed by atoms with E-state index in [1.54, 1.807) is 30.6 Å². The molecule has 9 nitrogen and oxygen atoms in total. The van der Waals surface area contributed by atoms with Crippen molar-refractivity contribution in [1.29, 1.82) is 0 Å². The van der Waals surface area contributed by atoms with Crippen LogP contribution >= 0.6 is 11.6 Å². The van der Waals surface area contributed by atoms with Crippen molar-refractivity contribution in [1.82, 2.24) is 14.8 Å². The Hall–Kier alpha value is -3.46. The second-order valence-corrected chi connectivity index (χ2v) is 6.85. The number of pyridine rings is 1. The summed E-state index contributed by atoms with van der Waals surface area (Å²) < 4.78 is 1.26. The average Bonchev–Trinajstić information content (AvgIpc) is 2.76. The topological polar surface area (TPSA) is 97.4 Å². The fraction of sp³-hybridized carbons (Fsp3) is 0.211. The van der Waals surface area contributed by atoms with Crippen LogP contribution in [0.2, 0.25) is 5.02 Å². The first-order valence-corrected chi connectivity index (χ1v) is 9.36. The van der Waals surface area contributed by atoms with Gasteiger partial charge in [-0.1, -0.05) is 29.8 Å². The van der Waals surface area contributed by atoms with E-state index in [9.17, 15) is 14.9 Å². The molecule has 0 bridgehead atoms. The van der Waals surface area contributed by atoms with Gasteiger partial charge in [0.05, 0.1) is 22.5 Å². The quantitative estimate of drug-likeness (QED) is 0.479. The number of nitro groups is 1. The van der Waals surface area contributed by atoms with Crippen molar-refractivity contribution in [2.75, 3.05) is 36.0 Å². The lowest BCUT2D eigenvalue weighted by atomic mass is 10.2. The molecule has 0 spiro atoms. The standard InChI is InChI=1S/C19H17ClN6O3/c20-17-16(13-22-25(19(17)27)14-5-2-1-3-6-14)23-9-11-24(12-10-23)18-15(26(28)29)7-4-8-21-18/h1-8,13H,9-12H2. The number of anilines is 2. The minimum absolute atomic E-state index is 0.0221. The molecule has 0 amide bonds. The average molecular weight is 413 g/mol. The van der Waals surface area contributed by atoms with Crippen molar-refractivity contribution in [3.8, 4) is 5.69 Å². The third-order valence-corrected chi connectivity index (χ3v) is 5.14. The van der Waals surface area contributed by atoms with Gasteiger partial charge < -0.3 is 9.80 Å². The molecular weight excluding hydrogens is 396 g/mol. The zero-order valence-electron chi connectivity index (χ0n) is 15.3. The Morgan fingerprint density at radius 2 is 1.69 bits per heavy atom. The molecule has 10 heteroatoms. The van der Waals surface area contributed by atoms with Crippen LogP contribution < -0.4 is 15.4 Å². The highest BCUT2D eigenvalue weighted by Gasteiger charge is 2.26. The SMILES string of the molecule is O=c1c(Cl)c(N2CCN(c3ncccc3[N+](=O)[O-])CC2)cnn1-c1ccccc1. The lowest BCUT2D eigenvalue weighted by Crippen LogP contribution is -2.47. The molecule has 148 valence electrons. The number of nitrogens with zero attached hydrogens (tertiary/aromatic N) is 6. The molecule has 1 aliphatic heterocycles. The van der Waals surface area contributed by atoms with Gasteiger partial charge >= 0.3 is 5.69 Å². The molecule has 0 N–H and O–H groups in total. The fourth-order valence-electron chi connectivity index (χ4n) is 3.33. The van der Waals surface area contributed by atoms with Gasteiger partial charge in [-0.15, -0.1) is 0 Å². The van der Waals surface area contributed by atoms with Crippen molar-refractivity contribution in [2.45, 2.75) is 0 Å². The van der Waals surface area contributed by atoms with E-state index in [4.69, 9.17) is 11.6 Å². The molecule has 0 radical (unpaired) electrons. The molecule has 1 aliphatic rings. The van der Waals surface area contributed by atoms with Crippen LogP contribution in [0.4, 0.5) is 17.2 Å². The summed E-state index contributed by atoms with van der Waals surface area (Å²) in [6.45, 7) is 2.08. The molecule has 0 aliphatic carbocycles. The largest absolute Gasteiger partial charge is 0.365 e. The number of halogens is 1. The lowest BCUT2D eigenvalue weighted by Gasteiger charge is -2.36. The second kappa shape index (κ2) is 7.88. The molecule has 29 heavy (non-hydrogen) atoms. The maximum Gasteiger partial charge on any atom is 0.311 e. The van der Waals surface area contributed by atoms with Crippen LogP contribution in [0.5, 0.6) is 0 Å². The zero-order chi connectivity index (χ0) is 20.4. The molecule has 1 fully saturated rings. The second-order valence-electron chi connectivity index (χ2n) is 6.47. The van der Waals surface area contributed by atoms with E-state index >= 15 is 0 Å². The van der Waals surface area contributed by atoms with Gasteiger partial charge in [-0.05, 0) is 18.2 Å². The summed E-state index contributed by atoms with van der Waals surface area (Å²) in [6, 6.07) is 12.0. The van der Waals surface area contributed by atoms with Gasteiger partial charge in [0.25, 0.3) is 5.56 Å². The third kappa shape index (κ3) is 3.64. The van der Waals surface area contributed by atoms with Crippen molar-refractivity contribution in [3.63, 3.8) is 0 Å². The summed E-state index contributed by atoms with van der Waals surface area (Å²) >= 11 is 6.37. The van der Waals surface area contributed by atoms with Gasteiger partial charge in [-0.25, -0.2) is 4.98 Å². The van der Waals surface area contributed by atoms with Gasteiger partial charge in [0, 0.05) is 38.4 Å². The van der Waals surface area contributed by atoms with Crippen molar-refractivity contribution >= 4 is 28.8 Å². The Morgan fingerprint density at radius 3 is 2.38 bits per heavy atom. The van der Waals surface area contributed by atoms with Crippen molar-refractivity contribution < 1.29 is 4.92 Å². The van der Waals surface area contributed by atoms with Crippen LogP contribution in [0.1, 0.15) is 0 Å². The predicted molar refractivity (Wildman–Crippen MR) is 110 cm³/mol. The Balaban J connectivity index is 1.55. The van der Waals surface area contributed by atoms with Crippen LogP contribution in [0.15, 0.2) is 59.7 Å². The molecule has 2 aromatic heterocycles. The summed E-state index contributed by atoms with van der Waals surface area (Å²) in [5.74, 6) is 0.348. The van der Waals surface area contributed by atoms with Gasteiger partial charge in [0.1, 0.15) is 5.02 Å². The Morgan fingerprint density at radius 1 is 1.00 bits per heavy atom. The van der Waals surface area contributed by atoms with Crippen molar-refractivity contribution in [2.24, 2.45) is 0 Å². The molecule has 3 aromatic rings. The molecule has 1 aromatic carbocycles. The van der Waals surface area contributed by atoms with E-state index in [2.05, 4.69) is 10.1 Å². The maximum atomic E-state index is 12.7. The number of para-hydroxylation sites is 1. The first-order chi connectivity index (χ1) is 14.1. The molecule has 1 saturated heterocycles. The first-order valence-electron chi connectivity index (χ1n) is 8.99. The minimum Gasteiger partial charge on any atom is -0.365 e. The number of benzene rings is 1. The van der Waals surface area contributed by atoms with Crippen molar-refractivity contribution in [3.05, 3.63) is 80.3 Å². The smallest absolute Gasteiger partial charge is 0.311 e. The van der Waals surface area contributed by atoms with Crippen LogP contribution in [-0.2, 0) is 0 Å². The molecule has 0 atom stereocenters. The van der Waals surface area contributed by atoms with E-state index in [0.29, 0.717) is 43.4 Å². The van der Waals surface area contributed by atoms with E-state index in [1.807, 2.05) is 28.0 Å².